The first-order valence-corrected chi connectivity index (χ1v) is 4.46. The van der Waals surface area contributed by atoms with Crippen LogP contribution in [0.25, 0.3) is 0 Å². The summed E-state index contributed by atoms with van der Waals surface area (Å²) in [5.74, 6) is 0.850. The maximum Gasteiger partial charge on any atom is 0.293 e. The molecular formula is C11H14O3. The number of ether oxygens (including phenoxy) is 2. The van der Waals surface area contributed by atoms with E-state index in [0.29, 0.717) is 13.1 Å². The minimum Gasteiger partial charge on any atom is -0.497 e. The maximum absolute atomic E-state index is 9.94. The van der Waals surface area contributed by atoms with Crippen molar-refractivity contribution in [2.75, 3.05) is 13.7 Å². The van der Waals surface area contributed by atoms with Crippen LogP contribution in [0.5, 0.6) is 5.75 Å². The van der Waals surface area contributed by atoms with Gasteiger partial charge in [0.2, 0.25) is 0 Å². The minimum absolute atomic E-state index is 0.427. The van der Waals surface area contributed by atoms with Crippen molar-refractivity contribution in [2.24, 2.45) is 0 Å². The number of aryl methyl sites for hydroxylation is 1. The molecule has 0 aliphatic rings. The van der Waals surface area contributed by atoms with Gasteiger partial charge in [0.05, 0.1) is 13.7 Å². The molecule has 1 rings (SSSR count). The topological polar surface area (TPSA) is 35.5 Å². The number of carbonyl (C=O) groups is 1. The van der Waals surface area contributed by atoms with Gasteiger partial charge in [0.15, 0.2) is 0 Å². The van der Waals surface area contributed by atoms with Crippen molar-refractivity contribution in [2.45, 2.75) is 13.3 Å². The van der Waals surface area contributed by atoms with E-state index in [1.54, 1.807) is 7.11 Å². The number of hydrogen-bond donors (Lipinski definition) is 0. The highest BCUT2D eigenvalue weighted by molar-refractivity contribution is 5.38. The number of methoxy groups -OCH3 is 1. The van der Waals surface area contributed by atoms with E-state index >= 15 is 0 Å². The summed E-state index contributed by atoms with van der Waals surface area (Å²) < 4.78 is 9.73. The van der Waals surface area contributed by atoms with E-state index in [-0.39, 0.29) is 0 Å². The summed E-state index contributed by atoms with van der Waals surface area (Å²) in [6.07, 6.45) is 0.745. The van der Waals surface area contributed by atoms with Crippen LogP contribution in [0.15, 0.2) is 18.2 Å². The van der Waals surface area contributed by atoms with Crippen LogP contribution in [0.2, 0.25) is 0 Å². The lowest BCUT2D eigenvalue weighted by atomic mass is 10.1. The van der Waals surface area contributed by atoms with Gasteiger partial charge in [-0.05, 0) is 30.2 Å². The van der Waals surface area contributed by atoms with E-state index in [1.807, 2.05) is 25.1 Å². The molecule has 0 atom stereocenters. The van der Waals surface area contributed by atoms with Crippen molar-refractivity contribution >= 4 is 6.47 Å². The van der Waals surface area contributed by atoms with Crippen molar-refractivity contribution in [3.05, 3.63) is 29.3 Å². The van der Waals surface area contributed by atoms with Crippen molar-refractivity contribution in [3.63, 3.8) is 0 Å². The Kier molecular flexibility index (Phi) is 3.98. The molecule has 0 saturated heterocycles. The molecule has 3 heteroatoms. The molecule has 0 bridgehead atoms. The fourth-order valence-corrected chi connectivity index (χ4v) is 1.29. The van der Waals surface area contributed by atoms with Gasteiger partial charge < -0.3 is 9.47 Å². The van der Waals surface area contributed by atoms with Gasteiger partial charge in [-0.3, -0.25) is 4.79 Å². The van der Waals surface area contributed by atoms with Crippen LogP contribution >= 0.6 is 0 Å². The molecule has 76 valence electrons. The molecule has 0 radical (unpaired) electrons. The molecule has 0 N–H and O–H groups in total. The summed E-state index contributed by atoms with van der Waals surface area (Å²) >= 11 is 0. The van der Waals surface area contributed by atoms with Crippen LogP contribution in [0, 0.1) is 6.92 Å². The van der Waals surface area contributed by atoms with Gasteiger partial charge in [0, 0.05) is 6.42 Å². The third kappa shape index (κ3) is 2.76. The molecule has 0 unspecified atom stereocenters. The number of carbonyl (C=O) groups excluding carboxylic acids is 1. The van der Waals surface area contributed by atoms with Crippen molar-refractivity contribution in [1.29, 1.82) is 0 Å². The van der Waals surface area contributed by atoms with E-state index in [0.717, 1.165) is 17.7 Å². The standard InChI is InChI=1S/C11H14O3/c1-9-7-11(13-2)4-3-10(9)5-6-14-8-12/h3-4,7-8H,5-6H2,1-2H3. The monoisotopic (exact) mass is 194 g/mol. The Morgan fingerprint density at radius 2 is 2.21 bits per heavy atom. The predicted octanol–water partition coefficient (Wildman–Crippen LogP) is 1.72. The van der Waals surface area contributed by atoms with Gasteiger partial charge in [-0.25, -0.2) is 0 Å². The molecule has 3 nitrogen and oxygen atoms in total. The zero-order chi connectivity index (χ0) is 10.4. The Labute approximate surface area is 83.6 Å². The lowest BCUT2D eigenvalue weighted by Gasteiger charge is -2.07. The number of hydrogen-bond acceptors (Lipinski definition) is 3. The number of benzene rings is 1. The average Bonchev–Trinajstić information content (AvgIpc) is 2.20. The van der Waals surface area contributed by atoms with E-state index < -0.39 is 0 Å². The van der Waals surface area contributed by atoms with Crippen LogP contribution in [-0.2, 0) is 16.0 Å². The molecule has 14 heavy (non-hydrogen) atoms. The Balaban J connectivity index is 2.63. The Morgan fingerprint density at radius 3 is 2.79 bits per heavy atom. The molecule has 0 amide bonds. The smallest absolute Gasteiger partial charge is 0.293 e. The fraction of sp³-hybridized carbons (Fsp3) is 0.364. The normalized spacial score (nSPS) is 9.57. The fourth-order valence-electron chi connectivity index (χ4n) is 1.29. The van der Waals surface area contributed by atoms with Crippen molar-refractivity contribution in [1.82, 2.24) is 0 Å². The summed E-state index contributed by atoms with van der Waals surface area (Å²) in [6, 6.07) is 5.86. The summed E-state index contributed by atoms with van der Waals surface area (Å²) in [5.41, 5.74) is 2.33. The van der Waals surface area contributed by atoms with Gasteiger partial charge in [-0.15, -0.1) is 0 Å². The predicted molar refractivity (Wildman–Crippen MR) is 53.5 cm³/mol. The highest BCUT2D eigenvalue weighted by Gasteiger charge is 2.00. The summed E-state index contributed by atoms with van der Waals surface area (Å²) in [5, 5.41) is 0. The first-order valence-electron chi connectivity index (χ1n) is 4.46. The lowest BCUT2D eigenvalue weighted by Crippen LogP contribution is -1.98. The SMILES string of the molecule is COc1ccc(CCOC=O)c(C)c1. The van der Waals surface area contributed by atoms with Crippen LogP contribution in [-0.4, -0.2) is 20.2 Å². The van der Waals surface area contributed by atoms with E-state index in [4.69, 9.17) is 4.74 Å². The van der Waals surface area contributed by atoms with E-state index in [1.165, 1.54) is 5.56 Å². The molecule has 0 aliphatic carbocycles. The third-order valence-electron chi connectivity index (χ3n) is 2.11. The Bertz CT molecular complexity index is 307. The second-order valence-corrected chi connectivity index (χ2v) is 3.01. The molecular weight excluding hydrogens is 180 g/mol. The maximum atomic E-state index is 9.94. The van der Waals surface area contributed by atoms with Crippen LogP contribution < -0.4 is 4.74 Å². The lowest BCUT2D eigenvalue weighted by molar-refractivity contribution is -0.128. The van der Waals surface area contributed by atoms with E-state index in [2.05, 4.69) is 4.74 Å². The van der Waals surface area contributed by atoms with Gasteiger partial charge in [-0.2, -0.15) is 0 Å². The minimum atomic E-state index is 0.427. The molecule has 0 fully saturated rings. The highest BCUT2D eigenvalue weighted by Crippen LogP contribution is 2.17. The largest absolute Gasteiger partial charge is 0.497 e. The second kappa shape index (κ2) is 5.27. The summed E-state index contributed by atoms with van der Waals surface area (Å²) in [4.78, 5) is 9.94. The molecule has 0 heterocycles. The Morgan fingerprint density at radius 1 is 1.43 bits per heavy atom. The zero-order valence-corrected chi connectivity index (χ0v) is 8.45. The summed E-state index contributed by atoms with van der Waals surface area (Å²) in [7, 11) is 1.64. The highest BCUT2D eigenvalue weighted by atomic mass is 16.5. The van der Waals surface area contributed by atoms with Crippen LogP contribution in [0.1, 0.15) is 11.1 Å². The van der Waals surface area contributed by atoms with Crippen molar-refractivity contribution in [3.8, 4) is 5.75 Å². The Hall–Kier alpha value is -1.51. The van der Waals surface area contributed by atoms with Crippen molar-refractivity contribution < 1.29 is 14.3 Å². The molecule has 0 saturated carbocycles. The summed E-state index contributed by atoms with van der Waals surface area (Å²) in [6.45, 7) is 2.91. The molecule has 1 aromatic carbocycles. The molecule has 0 aliphatic heterocycles. The van der Waals surface area contributed by atoms with Gasteiger partial charge in [0.1, 0.15) is 5.75 Å². The van der Waals surface area contributed by atoms with Gasteiger partial charge >= 0.3 is 0 Å². The average molecular weight is 194 g/mol. The van der Waals surface area contributed by atoms with Gasteiger partial charge in [-0.1, -0.05) is 6.07 Å². The first-order chi connectivity index (χ1) is 6.77. The van der Waals surface area contributed by atoms with Crippen LogP contribution in [0.3, 0.4) is 0 Å². The van der Waals surface area contributed by atoms with E-state index in [9.17, 15) is 4.79 Å². The third-order valence-corrected chi connectivity index (χ3v) is 2.11. The molecule has 0 aromatic heterocycles. The molecule has 0 spiro atoms. The quantitative estimate of drug-likeness (QED) is 0.529. The second-order valence-electron chi connectivity index (χ2n) is 3.01. The first kappa shape index (κ1) is 10.6. The molecule has 1 aromatic rings. The number of rotatable bonds is 5. The van der Waals surface area contributed by atoms with Crippen LogP contribution in [0.4, 0.5) is 0 Å². The van der Waals surface area contributed by atoms with Gasteiger partial charge in [0.25, 0.3) is 6.47 Å². The zero-order valence-electron chi connectivity index (χ0n) is 8.45.